The predicted octanol–water partition coefficient (Wildman–Crippen LogP) is 2.89. The lowest BCUT2D eigenvalue weighted by atomic mass is 9.59. The van der Waals surface area contributed by atoms with Crippen LogP contribution in [0.5, 0.6) is 11.5 Å². The molecule has 2 N–H and O–H groups in total. The van der Waals surface area contributed by atoms with Crippen LogP contribution < -0.4 is 15.2 Å². The van der Waals surface area contributed by atoms with E-state index >= 15 is 0 Å². The van der Waals surface area contributed by atoms with Gasteiger partial charge < -0.3 is 15.2 Å². The lowest BCUT2D eigenvalue weighted by Gasteiger charge is -2.53. The number of non-ortho nitro benzene ring substituents is 1. The third-order valence-electron chi connectivity index (χ3n) is 4.79. The highest BCUT2D eigenvalue weighted by molar-refractivity contribution is 5.48. The molecular weight excluding hydrogens is 272 g/mol. The molecule has 0 aliphatic heterocycles. The Labute approximate surface area is 124 Å². The van der Waals surface area contributed by atoms with E-state index in [-0.39, 0.29) is 23.2 Å². The van der Waals surface area contributed by atoms with Crippen LogP contribution in [0.3, 0.4) is 0 Å². The van der Waals surface area contributed by atoms with Gasteiger partial charge in [-0.1, -0.05) is 13.8 Å². The summed E-state index contributed by atoms with van der Waals surface area (Å²) in [4.78, 5) is 10.4. The Morgan fingerprint density at radius 1 is 1.38 bits per heavy atom. The molecule has 1 aromatic rings. The molecule has 0 radical (unpaired) electrons. The van der Waals surface area contributed by atoms with Crippen molar-refractivity contribution in [1.82, 2.24) is 0 Å². The Morgan fingerprint density at radius 3 is 2.52 bits per heavy atom. The van der Waals surface area contributed by atoms with E-state index in [2.05, 4.69) is 13.8 Å². The van der Waals surface area contributed by atoms with Crippen molar-refractivity contribution in [2.45, 2.75) is 45.3 Å². The Hall–Kier alpha value is -1.82. The van der Waals surface area contributed by atoms with E-state index in [0.29, 0.717) is 11.5 Å². The quantitative estimate of drug-likeness (QED) is 0.644. The van der Waals surface area contributed by atoms with Crippen molar-refractivity contribution in [2.75, 3.05) is 7.11 Å². The topological polar surface area (TPSA) is 87.6 Å². The van der Waals surface area contributed by atoms with Crippen molar-refractivity contribution >= 4 is 5.69 Å². The maximum atomic E-state index is 10.8. The van der Waals surface area contributed by atoms with Gasteiger partial charge in [0.1, 0.15) is 6.10 Å². The van der Waals surface area contributed by atoms with E-state index in [1.54, 1.807) is 6.07 Å². The third-order valence-corrected chi connectivity index (χ3v) is 4.79. The summed E-state index contributed by atoms with van der Waals surface area (Å²) in [5.74, 6) is 0.914. The minimum absolute atomic E-state index is 0.0123. The summed E-state index contributed by atoms with van der Waals surface area (Å²) in [5.41, 5.74) is 6.12. The monoisotopic (exact) mass is 294 g/mol. The lowest BCUT2D eigenvalue weighted by molar-refractivity contribution is -0.385. The molecule has 0 amide bonds. The normalized spacial score (nSPS) is 23.2. The second-order valence-electron chi connectivity index (χ2n) is 5.48. The van der Waals surface area contributed by atoms with E-state index in [9.17, 15) is 10.1 Å². The summed E-state index contributed by atoms with van der Waals surface area (Å²) in [5, 5.41) is 10.8. The molecule has 1 aliphatic rings. The third kappa shape index (κ3) is 2.55. The molecule has 6 heteroatoms. The molecule has 0 heterocycles. The minimum Gasteiger partial charge on any atom is -0.493 e. The number of rotatable bonds is 6. The lowest BCUT2D eigenvalue weighted by Crippen LogP contribution is -2.62. The molecule has 21 heavy (non-hydrogen) atoms. The fourth-order valence-electron chi connectivity index (χ4n) is 3.19. The molecule has 1 aromatic carbocycles. The minimum atomic E-state index is -0.450. The molecule has 1 saturated carbocycles. The van der Waals surface area contributed by atoms with E-state index in [0.717, 1.165) is 19.3 Å². The van der Waals surface area contributed by atoms with Gasteiger partial charge >= 0.3 is 0 Å². The van der Waals surface area contributed by atoms with Crippen LogP contribution in [0.15, 0.2) is 18.2 Å². The smallest absolute Gasteiger partial charge is 0.273 e. The van der Waals surface area contributed by atoms with Crippen LogP contribution in [-0.4, -0.2) is 24.2 Å². The van der Waals surface area contributed by atoms with Crippen LogP contribution >= 0.6 is 0 Å². The van der Waals surface area contributed by atoms with Crippen molar-refractivity contribution in [3.05, 3.63) is 28.3 Å². The Bertz CT molecular complexity index is 528. The first kappa shape index (κ1) is 15.6. The van der Waals surface area contributed by atoms with Crippen LogP contribution in [0, 0.1) is 15.5 Å². The molecule has 0 aromatic heterocycles. The molecule has 0 spiro atoms. The first-order valence-electron chi connectivity index (χ1n) is 7.23. The highest BCUT2D eigenvalue weighted by Gasteiger charge is 2.52. The highest BCUT2D eigenvalue weighted by atomic mass is 16.6. The highest BCUT2D eigenvalue weighted by Crippen LogP contribution is 2.49. The first-order chi connectivity index (χ1) is 9.98. The second-order valence-corrected chi connectivity index (χ2v) is 5.48. The van der Waals surface area contributed by atoms with Crippen LogP contribution in [-0.2, 0) is 0 Å². The number of nitrogens with two attached hydrogens (primary N) is 1. The van der Waals surface area contributed by atoms with Gasteiger partial charge in [0, 0.05) is 23.9 Å². The van der Waals surface area contributed by atoms with Crippen molar-refractivity contribution in [3.8, 4) is 11.5 Å². The molecule has 0 bridgehead atoms. The van der Waals surface area contributed by atoms with Gasteiger partial charge in [0.25, 0.3) is 5.69 Å². The molecule has 0 saturated heterocycles. The molecule has 6 nitrogen and oxygen atoms in total. The number of nitro benzene ring substituents is 1. The molecule has 2 unspecified atom stereocenters. The number of ether oxygens (including phenoxy) is 2. The van der Waals surface area contributed by atoms with Crippen LogP contribution in [0.4, 0.5) is 5.69 Å². The van der Waals surface area contributed by atoms with Gasteiger partial charge in [-0.25, -0.2) is 0 Å². The van der Waals surface area contributed by atoms with Gasteiger partial charge in [-0.05, 0) is 18.9 Å². The van der Waals surface area contributed by atoms with Gasteiger partial charge in [-0.15, -0.1) is 0 Å². The van der Waals surface area contributed by atoms with Crippen molar-refractivity contribution in [2.24, 2.45) is 11.1 Å². The van der Waals surface area contributed by atoms with Gasteiger partial charge in [-0.3, -0.25) is 10.1 Å². The molecule has 1 aliphatic carbocycles. The zero-order valence-corrected chi connectivity index (χ0v) is 12.7. The summed E-state index contributed by atoms with van der Waals surface area (Å²) < 4.78 is 11.3. The van der Waals surface area contributed by atoms with Crippen molar-refractivity contribution < 1.29 is 14.4 Å². The van der Waals surface area contributed by atoms with Crippen LogP contribution in [0.1, 0.15) is 33.1 Å². The number of nitrogens with zero attached hydrogens (tertiary/aromatic N) is 1. The zero-order chi connectivity index (χ0) is 15.6. The number of hydrogen-bond acceptors (Lipinski definition) is 5. The van der Waals surface area contributed by atoms with Crippen molar-refractivity contribution in [1.29, 1.82) is 0 Å². The number of benzene rings is 1. The summed E-state index contributed by atoms with van der Waals surface area (Å²) in [7, 11) is 1.48. The molecule has 1 fully saturated rings. The Morgan fingerprint density at radius 2 is 2.05 bits per heavy atom. The number of hydrogen-bond donors (Lipinski definition) is 1. The van der Waals surface area contributed by atoms with Crippen molar-refractivity contribution in [3.63, 3.8) is 0 Å². The summed E-state index contributed by atoms with van der Waals surface area (Å²) in [6.45, 7) is 4.23. The fraction of sp³-hybridized carbons (Fsp3) is 0.600. The maximum Gasteiger partial charge on any atom is 0.273 e. The van der Waals surface area contributed by atoms with Gasteiger partial charge in [0.15, 0.2) is 11.5 Å². The van der Waals surface area contributed by atoms with E-state index < -0.39 is 4.92 Å². The van der Waals surface area contributed by atoms with Gasteiger partial charge in [-0.2, -0.15) is 0 Å². The van der Waals surface area contributed by atoms with Gasteiger partial charge in [0.2, 0.25) is 0 Å². The fourth-order valence-corrected chi connectivity index (χ4v) is 3.19. The summed E-state index contributed by atoms with van der Waals surface area (Å²) in [6.07, 6.45) is 2.72. The predicted molar refractivity (Wildman–Crippen MR) is 79.7 cm³/mol. The first-order valence-corrected chi connectivity index (χ1v) is 7.23. The van der Waals surface area contributed by atoms with Crippen LogP contribution in [0.2, 0.25) is 0 Å². The maximum absolute atomic E-state index is 10.8. The largest absolute Gasteiger partial charge is 0.493 e. The average molecular weight is 294 g/mol. The molecule has 116 valence electrons. The standard InChI is InChI=1S/C15H22N2O4/c1-4-15(5-2)13(16)9-14(15)21-11-7-6-10(17(18)19)8-12(11)20-3/h6-8,13-14H,4-5,9,16H2,1-3H3. The number of methoxy groups -OCH3 is 1. The number of nitro groups is 1. The SMILES string of the molecule is CCC1(CC)C(N)CC1Oc1ccc([N+](=O)[O-])cc1OC. The summed E-state index contributed by atoms with van der Waals surface area (Å²) >= 11 is 0. The molecular formula is C15H22N2O4. The summed E-state index contributed by atoms with van der Waals surface area (Å²) in [6, 6.07) is 4.54. The Kier molecular flexibility index (Phi) is 4.37. The van der Waals surface area contributed by atoms with E-state index in [1.807, 2.05) is 0 Å². The average Bonchev–Trinajstić information content (AvgIpc) is 2.48. The van der Waals surface area contributed by atoms with Crippen LogP contribution in [0.25, 0.3) is 0 Å². The second kappa shape index (κ2) is 5.89. The van der Waals surface area contributed by atoms with E-state index in [1.165, 1.54) is 19.2 Å². The zero-order valence-electron chi connectivity index (χ0n) is 12.7. The molecule has 2 atom stereocenters. The van der Waals surface area contributed by atoms with Gasteiger partial charge in [0.05, 0.1) is 18.1 Å². The Balaban J connectivity index is 2.22. The molecule has 2 rings (SSSR count). The van der Waals surface area contributed by atoms with E-state index in [4.69, 9.17) is 15.2 Å².